The van der Waals surface area contributed by atoms with Gasteiger partial charge < -0.3 is 18.9 Å². The Hall–Kier alpha value is -2.94. The molecule has 0 unspecified atom stereocenters. The van der Waals surface area contributed by atoms with Gasteiger partial charge in [-0.15, -0.1) is 11.3 Å². The Kier molecular flexibility index (Phi) is 5.17. The second-order valence-corrected chi connectivity index (χ2v) is 6.67. The van der Waals surface area contributed by atoms with Crippen molar-refractivity contribution in [2.45, 2.75) is 26.3 Å². The molecule has 3 heterocycles. The van der Waals surface area contributed by atoms with Crippen LogP contribution in [0.25, 0.3) is 10.7 Å². The first-order chi connectivity index (χ1) is 12.4. The average Bonchev–Trinajstić information content (AvgIpc) is 3.32. The van der Waals surface area contributed by atoms with Gasteiger partial charge in [0.1, 0.15) is 17.1 Å². The van der Waals surface area contributed by atoms with E-state index in [2.05, 4.69) is 10.1 Å². The molecule has 1 amide bonds. The molecule has 136 valence electrons. The molecule has 0 aliphatic rings. The molecule has 0 radical (unpaired) electrons. The SMILES string of the molecule is Cc1oc(CN(C)C(=O)CCc2nc(-c3cccs3)no2)cc1C(=O)O. The van der Waals surface area contributed by atoms with E-state index in [-0.39, 0.29) is 24.4 Å². The normalized spacial score (nSPS) is 10.8. The van der Waals surface area contributed by atoms with Gasteiger partial charge in [0.25, 0.3) is 0 Å². The predicted molar refractivity (Wildman–Crippen MR) is 92.8 cm³/mol. The Morgan fingerprint density at radius 1 is 1.38 bits per heavy atom. The summed E-state index contributed by atoms with van der Waals surface area (Å²) >= 11 is 1.51. The molecule has 0 aliphatic heterocycles. The Bertz CT molecular complexity index is 913. The standard InChI is InChI=1S/C17H17N3O5S/c1-10-12(17(22)23)8-11(24-10)9-20(2)15(21)6-5-14-18-16(19-25-14)13-4-3-7-26-13/h3-4,7-8H,5-6,9H2,1-2H3,(H,22,23). The molecule has 3 aromatic rings. The molecule has 26 heavy (non-hydrogen) atoms. The minimum Gasteiger partial charge on any atom is -0.478 e. The monoisotopic (exact) mass is 375 g/mol. The molecule has 0 saturated carbocycles. The van der Waals surface area contributed by atoms with Gasteiger partial charge in [-0.05, 0) is 24.4 Å². The summed E-state index contributed by atoms with van der Waals surface area (Å²) < 4.78 is 10.6. The summed E-state index contributed by atoms with van der Waals surface area (Å²) in [6, 6.07) is 5.24. The van der Waals surface area contributed by atoms with Crippen molar-refractivity contribution >= 4 is 23.2 Å². The summed E-state index contributed by atoms with van der Waals surface area (Å²) in [7, 11) is 1.63. The van der Waals surface area contributed by atoms with Crippen LogP contribution in [0.3, 0.4) is 0 Å². The molecule has 8 nitrogen and oxygen atoms in total. The van der Waals surface area contributed by atoms with E-state index in [4.69, 9.17) is 14.0 Å². The van der Waals surface area contributed by atoms with Crippen LogP contribution in [0.4, 0.5) is 0 Å². The fourth-order valence-electron chi connectivity index (χ4n) is 2.42. The molecule has 0 fully saturated rings. The lowest BCUT2D eigenvalue weighted by Gasteiger charge is -2.14. The minimum atomic E-state index is -1.05. The summed E-state index contributed by atoms with van der Waals surface area (Å²) in [5.41, 5.74) is 0.104. The van der Waals surface area contributed by atoms with Crippen molar-refractivity contribution in [2.75, 3.05) is 7.05 Å². The Morgan fingerprint density at radius 2 is 2.19 bits per heavy atom. The fourth-order valence-corrected chi connectivity index (χ4v) is 3.07. The summed E-state index contributed by atoms with van der Waals surface area (Å²) in [5.74, 6) is 0.477. The van der Waals surface area contributed by atoms with E-state index >= 15 is 0 Å². The number of amides is 1. The molecule has 3 aromatic heterocycles. The molecule has 9 heteroatoms. The third kappa shape index (κ3) is 3.99. The second-order valence-electron chi connectivity index (χ2n) is 5.73. The lowest BCUT2D eigenvalue weighted by atomic mass is 10.2. The van der Waals surface area contributed by atoms with Gasteiger partial charge in [-0.2, -0.15) is 4.98 Å². The largest absolute Gasteiger partial charge is 0.478 e. The van der Waals surface area contributed by atoms with Crippen LogP contribution < -0.4 is 0 Å². The van der Waals surface area contributed by atoms with Crippen molar-refractivity contribution in [1.82, 2.24) is 15.0 Å². The smallest absolute Gasteiger partial charge is 0.339 e. The van der Waals surface area contributed by atoms with Crippen LogP contribution in [-0.2, 0) is 17.8 Å². The van der Waals surface area contributed by atoms with E-state index in [0.29, 0.717) is 29.7 Å². The lowest BCUT2D eigenvalue weighted by molar-refractivity contribution is -0.130. The molecular weight excluding hydrogens is 358 g/mol. The number of aromatic nitrogens is 2. The molecule has 0 aromatic carbocycles. The highest BCUT2D eigenvalue weighted by Crippen LogP contribution is 2.21. The third-order valence-corrected chi connectivity index (χ3v) is 4.65. The van der Waals surface area contributed by atoms with Gasteiger partial charge in [0.15, 0.2) is 0 Å². The maximum absolute atomic E-state index is 12.3. The molecule has 0 spiro atoms. The van der Waals surface area contributed by atoms with Crippen LogP contribution in [0.5, 0.6) is 0 Å². The molecule has 0 aliphatic carbocycles. The highest BCUT2D eigenvalue weighted by atomic mass is 32.1. The Morgan fingerprint density at radius 3 is 2.85 bits per heavy atom. The van der Waals surface area contributed by atoms with Crippen molar-refractivity contribution < 1.29 is 23.6 Å². The number of aromatic carboxylic acids is 1. The van der Waals surface area contributed by atoms with E-state index in [1.54, 1.807) is 14.0 Å². The topological polar surface area (TPSA) is 110 Å². The highest BCUT2D eigenvalue weighted by molar-refractivity contribution is 7.13. The molecule has 1 N–H and O–H groups in total. The number of aryl methyl sites for hydroxylation is 2. The van der Waals surface area contributed by atoms with E-state index in [1.165, 1.54) is 22.3 Å². The van der Waals surface area contributed by atoms with Crippen LogP contribution in [0.1, 0.15) is 34.2 Å². The zero-order valence-corrected chi connectivity index (χ0v) is 15.1. The summed E-state index contributed by atoms with van der Waals surface area (Å²) in [5, 5.41) is 14.9. The maximum Gasteiger partial charge on any atom is 0.339 e. The number of rotatable bonds is 7. The predicted octanol–water partition coefficient (Wildman–Crippen LogP) is 2.99. The highest BCUT2D eigenvalue weighted by Gasteiger charge is 2.18. The van der Waals surface area contributed by atoms with E-state index < -0.39 is 5.97 Å². The average molecular weight is 375 g/mol. The minimum absolute atomic E-state index is 0.104. The number of hydrogen-bond donors (Lipinski definition) is 1. The van der Waals surface area contributed by atoms with Crippen LogP contribution in [0.2, 0.25) is 0 Å². The molecule has 0 saturated heterocycles. The van der Waals surface area contributed by atoms with Gasteiger partial charge in [0.2, 0.25) is 17.6 Å². The van der Waals surface area contributed by atoms with Crippen LogP contribution in [-0.4, -0.2) is 39.1 Å². The van der Waals surface area contributed by atoms with Gasteiger partial charge in [-0.1, -0.05) is 11.2 Å². The molecule has 0 bridgehead atoms. The number of nitrogens with zero attached hydrogens (tertiary/aromatic N) is 3. The molecule has 0 atom stereocenters. The Balaban J connectivity index is 1.54. The van der Waals surface area contributed by atoms with Crippen LogP contribution >= 0.6 is 11.3 Å². The first kappa shape index (κ1) is 17.9. The number of carbonyl (C=O) groups excluding carboxylic acids is 1. The quantitative estimate of drug-likeness (QED) is 0.676. The first-order valence-electron chi connectivity index (χ1n) is 7.87. The van der Waals surface area contributed by atoms with Crippen molar-refractivity contribution in [2.24, 2.45) is 0 Å². The van der Waals surface area contributed by atoms with E-state index in [1.807, 2.05) is 17.5 Å². The van der Waals surface area contributed by atoms with Crippen LogP contribution in [0.15, 0.2) is 32.5 Å². The van der Waals surface area contributed by atoms with Crippen molar-refractivity contribution in [3.63, 3.8) is 0 Å². The van der Waals surface area contributed by atoms with Crippen molar-refractivity contribution in [1.29, 1.82) is 0 Å². The van der Waals surface area contributed by atoms with Gasteiger partial charge in [0.05, 0.1) is 11.4 Å². The first-order valence-corrected chi connectivity index (χ1v) is 8.75. The van der Waals surface area contributed by atoms with Crippen molar-refractivity contribution in [3.05, 3.63) is 46.6 Å². The number of furan rings is 1. The maximum atomic E-state index is 12.3. The van der Waals surface area contributed by atoms with E-state index in [9.17, 15) is 9.59 Å². The number of thiophene rings is 1. The second kappa shape index (κ2) is 7.52. The summed E-state index contributed by atoms with van der Waals surface area (Å²) in [4.78, 5) is 30.0. The third-order valence-electron chi connectivity index (χ3n) is 3.78. The Labute approximate surface area is 153 Å². The number of hydrogen-bond acceptors (Lipinski definition) is 7. The zero-order chi connectivity index (χ0) is 18.7. The van der Waals surface area contributed by atoms with Crippen molar-refractivity contribution in [3.8, 4) is 10.7 Å². The fraction of sp³-hybridized carbons (Fsp3) is 0.294. The summed E-state index contributed by atoms with van der Waals surface area (Å²) in [6.07, 6.45) is 0.535. The molecular formula is C17H17N3O5S. The lowest BCUT2D eigenvalue weighted by Crippen LogP contribution is -2.26. The molecule has 3 rings (SSSR count). The van der Waals surface area contributed by atoms with Crippen LogP contribution in [0, 0.1) is 6.92 Å². The van der Waals surface area contributed by atoms with E-state index in [0.717, 1.165) is 4.88 Å². The number of carbonyl (C=O) groups is 2. The van der Waals surface area contributed by atoms with Gasteiger partial charge >= 0.3 is 5.97 Å². The number of carboxylic acid groups (broad SMARTS) is 1. The van der Waals surface area contributed by atoms with Gasteiger partial charge in [-0.3, -0.25) is 4.79 Å². The zero-order valence-electron chi connectivity index (χ0n) is 14.3. The number of carboxylic acids is 1. The van der Waals surface area contributed by atoms with Gasteiger partial charge in [0, 0.05) is 19.9 Å². The summed E-state index contributed by atoms with van der Waals surface area (Å²) in [6.45, 7) is 1.77. The van der Waals surface area contributed by atoms with Gasteiger partial charge in [-0.25, -0.2) is 4.79 Å².